The van der Waals surface area contributed by atoms with Gasteiger partial charge in [-0.3, -0.25) is 4.79 Å². The zero-order valence-corrected chi connectivity index (χ0v) is 10.5. The van der Waals surface area contributed by atoms with Gasteiger partial charge in [0.15, 0.2) is 0 Å². The molecular weight excluding hydrogens is 232 g/mol. The number of phenols is 2. The van der Waals surface area contributed by atoms with Gasteiger partial charge in [-0.05, 0) is 38.2 Å². The van der Waals surface area contributed by atoms with Crippen LogP contribution in [0.4, 0.5) is 0 Å². The Morgan fingerprint density at radius 2 is 1.94 bits per heavy atom. The Morgan fingerprint density at radius 3 is 2.72 bits per heavy atom. The van der Waals surface area contributed by atoms with E-state index in [9.17, 15) is 15.0 Å². The van der Waals surface area contributed by atoms with Crippen LogP contribution in [0.2, 0.25) is 0 Å². The summed E-state index contributed by atoms with van der Waals surface area (Å²) in [5.74, 6) is -0.322. The molecule has 0 aromatic heterocycles. The lowest BCUT2D eigenvalue weighted by Crippen LogP contribution is -2.34. The van der Waals surface area contributed by atoms with Crippen molar-refractivity contribution < 1.29 is 15.0 Å². The van der Waals surface area contributed by atoms with Crippen LogP contribution in [0, 0.1) is 0 Å². The lowest BCUT2D eigenvalue weighted by atomic mass is 10.1. The van der Waals surface area contributed by atoms with Crippen LogP contribution in [0.3, 0.4) is 0 Å². The summed E-state index contributed by atoms with van der Waals surface area (Å²) in [4.78, 5) is 16.2. The molecule has 1 amide bonds. The summed E-state index contributed by atoms with van der Waals surface area (Å²) in [6.45, 7) is 3.11. The number of likely N-dealkylation sites (N-methyl/N-ethyl adjacent to an activating group) is 1. The van der Waals surface area contributed by atoms with Gasteiger partial charge in [-0.25, -0.2) is 0 Å². The van der Waals surface area contributed by atoms with Crippen molar-refractivity contribution in [3.8, 4) is 11.5 Å². The van der Waals surface area contributed by atoms with Gasteiger partial charge < -0.3 is 20.0 Å². The average molecular weight is 250 g/mol. The molecule has 0 radical (unpaired) electrons. The van der Waals surface area contributed by atoms with E-state index in [0.29, 0.717) is 13.1 Å². The predicted octanol–water partition coefficient (Wildman–Crippen LogP) is 0.875. The van der Waals surface area contributed by atoms with Crippen LogP contribution in [0.5, 0.6) is 11.5 Å². The van der Waals surface area contributed by atoms with Gasteiger partial charge in [-0.15, -0.1) is 0 Å². The molecule has 0 bridgehead atoms. The van der Waals surface area contributed by atoms with Crippen LogP contribution >= 0.6 is 0 Å². The minimum Gasteiger partial charge on any atom is -0.508 e. The fraction of sp³-hybridized carbons (Fsp3) is 0.462. The summed E-state index contributed by atoms with van der Waals surface area (Å²) in [6.07, 6.45) is 0.918. The van der Waals surface area contributed by atoms with E-state index < -0.39 is 0 Å². The van der Waals surface area contributed by atoms with Crippen molar-refractivity contribution in [2.45, 2.75) is 6.42 Å². The molecule has 98 valence electrons. The molecule has 1 aromatic carbocycles. The molecule has 0 aliphatic carbocycles. The highest BCUT2D eigenvalue weighted by Crippen LogP contribution is 2.23. The summed E-state index contributed by atoms with van der Waals surface area (Å²) >= 11 is 0. The molecule has 1 fully saturated rings. The van der Waals surface area contributed by atoms with Crippen molar-refractivity contribution in [3.05, 3.63) is 23.8 Å². The lowest BCUT2D eigenvalue weighted by molar-refractivity contribution is 0.0759. The quantitative estimate of drug-likeness (QED) is 0.726. The Kier molecular flexibility index (Phi) is 3.72. The number of aromatic hydroxyl groups is 2. The zero-order chi connectivity index (χ0) is 13.1. The first-order valence-corrected chi connectivity index (χ1v) is 6.08. The van der Waals surface area contributed by atoms with Gasteiger partial charge in [0.05, 0.1) is 5.56 Å². The van der Waals surface area contributed by atoms with Crippen LogP contribution in [-0.2, 0) is 0 Å². The van der Waals surface area contributed by atoms with Gasteiger partial charge in [0.25, 0.3) is 5.91 Å². The number of phenolic OH excluding ortho intramolecular Hbond substituents is 2. The number of carbonyl (C=O) groups excluding carboxylic acids is 1. The standard InChI is InChI=1S/C13H18N2O3/c1-14-5-2-6-15(8-7-14)13(18)11-9-10(16)3-4-12(11)17/h3-4,9,16-17H,2,5-8H2,1H3. The van der Waals surface area contributed by atoms with E-state index in [2.05, 4.69) is 4.90 Å². The normalized spacial score (nSPS) is 17.5. The van der Waals surface area contributed by atoms with Gasteiger partial charge in [0.1, 0.15) is 11.5 Å². The van der Waals surface area contributed by atoms with E-state index in [1.54, 1.807) is 4.90 Å². The second kappa shape index (κ2) is 5.27. The Labute approximate surface area is 106 Å². The van der Waals surface area contributed by atoms with Gasteiger partial charge in [-0.1, -0.05) is 0 Å². The third kappa shape index (κ3) is 2.73. The third-order valence-corrected chi connectivity index (χ3v) is 3.22. The lowest BCUT2D eigenvalue weighted by Gasteiger charge is -2.21. The molecule has 18 heavy (non-hydrogen) atoms. The monoisotopic (exact) mass is 250 g/mol. The minimum absolute atomic E-state index is 0.0110. The van der Waals surface area contributed by atoms with Gasteiger partial charge in [-0.2, -0.15) is 0 Å². The van der Waals surface area contributed by atoms with Crippen LogP contribution in [0.1, 0.15) is 16.8 Å². The number of benzene rings is 1. The maximum Gasteiger partial charge on any atom is 0.257 e. The largest absolute Gasteiger partial charge is 0.508 e. The SMILES string of the molecule is CN1CCCN(C(=O)c2cc(O)ccc2O)CC1. The van der Waals surface area contributed by atoms with Gasteiger partial charge in [0, 0.05) is 19.6 Å². The van der Waals surface area contributed by atoms with Crippen molar-refractivity contribution in [1.82, 2.24) is 9.80 Å². The van der Waals surface area contributed by atoms with Gasteiger partial charge >= 0.3 is 0 Å². The topological polar surface area (TPSA) is 64.0 Å². The molecular formula is C13H18N2O3. The first kappa shape index (κ1) is 12.7. The Bertz CT molecular complexity index is 448. The number of rotatable bonds is 1. The van der Waals surface area contributed by atoms with E-state index in [4.69, 9.17) is 0 Å². The first-order valence-electron chi connectivity index (χ1n) is 6.08. The highest BCUT2D eigenvalue weighted by atomic mass is 16.3. The van der Waals surface area contributed by atoms with E-state index in [0.717, 1.165) is 19.5 Å². The minimum atomic E-state index is -0.223. The van der Waals surface area contributed by atoms with Crippen molar-refractivity contribution >= 4 is 5.91 Å². The Hall–Kier alpha value is -1.75. The molecule has 1 saturated heterocycles. The van der Waals surface area contributed by atoms with Crippen molar-refractivity contribution in [2.24, 2.45) is 0 Å². The highest BCUT2D eigenvalue weighted by molar-refractivity contribution is 5.97. The first-order chi connectivity index (χ1) is 8.58. The Balaban J connectivity index is 2.17. The maximum absolute atomic E-state index is 12.3. The number of hydrogen-bond acceptors (Lipinski definition) is 4. The summed E-state index contributed by atoms with van der Waals surface area (Å²) in [5.41, 5.74) is 0.166. The molecule has 1 aromatic rings. The third-order valence-electron chi connectivity index (χ3n) is 3.22. The second-order valence-electron chi connectivity index (χ2n) is 4.65. The van der Waals surface area contributed by atoms with E-state index >= 15 is 0 Å². The predicted molar refractivity (Wildman–Crippen MR) is 67.8 cm³/mol. The molecule has 2 rings (SSSR count). The van der Waals surface area contributed by atoms with Crippen LogP contribution < -0.4 is 0 Å². The van der Waals surface area contributed by atoms with E-state index in [-0.39, 0.29) is 23.0 Å². The summed E-state index contributed by atoms with van der Waals surface area (Å²) in [7, 11) is 2.03. The highest BCUT2D eigenvalue weighted by Gasteiger charge is 2.21. The van der Waals surface area contributed by atoms with Gasteiger partial charge in [0.2, 0.25) is 0 Å². The number of nitrogens with zero attached hydrogens (tertiary/aromatic N) is 2. The molecule has 5 heteroatoms. The van der Waals surface area contributed by atoms with Crippen LogP contribution in [0.25, 0.3) is 0 Å². The number of amides is 1. The molecule has 0 spiro atoms. The molecule has 1 aliphatic rings. The number of carbonyl (C=O) groups is 1. The average Bonchev–Trinajstić information content (AvgIpc) is 2.56. The van der Waals surface area contributed by atoms with Crippen LogP contribution in [-0.4, -0.2) is 59.1 Å². The fourth-order valence-corrected chi connectivity index (χ4v) is 2.12. The number of hydrogen-bond donors (Lipinski definition) is 2. The summed E-state index contributed by atoms with van der Waals surface area (Å²) < 4.78 is 0. The van der Waals surface area contributed by atoms with Crippen LogP contribution in [0.15, 0.2) is 18.2 Å². The Morgan fingerprint density at radius 1 is 1.17 bits per heavy atom. The second-order valence-corrected chi connectivity index (χ2v) is 4.65. The smallest absolute Gasteiger partial charge is 0.257 e. The zero-order valence-electron chi connectivity index (χ0n) is 10.5. The van der Waals surface area contributed by atoms with Crippen molar-refractivity contribution in [2.75, 3.05) is 33.2 Å². The van der Waals surface area contributed by atoms with Crippen molar-refractivity contribution in [3.63, 3.8) is 0 Å². The maximum atomic E-state index is 12.3. The van der Waals surface area contributed by atoms with Crippen molar-refractivity contribution in [1.29, 1.82) is 0 Å². The molecule has 5 nitrogen and oxygen atoms in total. The summed E-state index contributed by atoms with van der Waals surface area (Å²) in [5, 5.41) is 19.1. The molecule has 1 aliphatic heterocycles. The summed E-state index contributed by atoms with van der Waals surface area (Å²) in [6, 6.07) is 4.01. The molecule has 1 heterocycles. The fourth-order valence-electron chi connectivity index (χ4n) is 2.12. The molecule has 0 unspecified atom stereocenters. The van der Waals surface area contributed by atoms with E-state index in [1.807, 2.05) is 7.05 Å². The molecule has 0 saturated carbocycles. The van der Waals surface area contributed by atoms with E-state index in [1.165, 1.54) is 18.2 Å². The molecule has 0 atom stereocenters. The molecule has 2 N–H and O–H groups in total.